The summed E-state index contributed by atoms with van der Waals surface area (Å²) in [5.74, 6) is 0.146. The Labute approximate surface area is 203 Å². The first-order chi connectivity index (χ1) is 17.1. The van der Waals surface area contributed by atoms with E-state index in [2.05, 4.69) is 20.3 Å². The summed E-state index contributed by atoms with van der Waals surface area (Å²) in [6.45, 7) is 5.38. The fraction of sp³-hybridized carbons (Fsp3) is 0.458. The molecule has 0 spiro atoms. The van der Waals surface area contributed by atoms with Gasteiger partial charge in [0, 0.05) is 45.7 Å². The molecule has 0 radical (unpaired) electrons. The molecule has 2 amide bonds. The topological polar surface area (TPSA) is 110 Å². The van der Waals surface area contributed by atoms with E-state index in [1.165, 1.54) is 6.33 Å². The summed E-state index contributed by atoms with van der Waals surface area (Å²) in [4.78, 5) is 34.0. The lowest BCUT2D eigenvalue weighted by Gasteiger charge is -2.26. The zero-order chi connectivity index (χ0) is 24.2. The first-order valence-electron chi connectivity index (χ1n) is 12.0. The molecule has 184 valence electrons. The van der Waals surface area contributed by atoms with E-state index in [9.17, 15) is 9.59 Å². The van der Waals surface area contributed by atoms with Gasteiger partial charge >= 0.3 is 0 Å². The van der Waals surface area contributed by atoms with E-state index < -0.39 is 11.9 Å². The van der Waals surface area contributed by atoms with Crippen molar-refractivity contribution in [3.8, 4) is 0 Å². The van der Waals surface area contributed by atoms with Gasteiger partial charge in [-0.2, -0.15) is 5.10 Å². The van der Waals surface area contributed by atoms with Crippen LogP contribution in [0.1, 0.15) is 28.3 Å². The van der Waals surface area contributed by atoms with Crippen molar-refractivity contribution >= 4 is 17.6 Å². The molecular formula is C24H30N8O3. The van der Waals surface area contributed by atoms with E-state index in [4.69, 9.17) is 9.84 Å². The molecule has 1 aromatic carbocycles. The zero-order valence-corrected chi connectivity index (χ0v) is 19.8. The monoisotopic (exact) mass is 478 g/mol. The second kappa shape index (κ2) is 10.4. The minimum absolute atomic E-state index is 0.0452. The number of nitrogens with zero attached hydrogens (tertiary/aromatic N) is 7. The molecule has 3 aromatic rings. The lowest BCUT2D eigenvalue weighted by molar-refractivity contribution is -0.120. The number of hydrogen-bond donors (Lipinski definition) is 1. The number of aromatic nitrogens is 5. The second-order valence-corrected chi connectivity index (χ2v) is 8.88. The normalized spacial score (nSPS) is 18.8. The number of carbonyl (C=O) groups is 2. The van der Waals surface area contributed by atoms with Crippen LogP contribution in [-0.4, -0.2) is 87.2 Å². The maximum atomic E-state index is 13.1. The summed E-state index contributed by atoms with van der Waals surface area (Å²) in [6, 6.07) is 11.1. The highest BCUT2D eigenvalue weighted by atomic mass is 16.5. The van der Waals surface area contributed by atoms with Crippen LogP contribution in [0.5, 0.6) is 0 Å². The molecular weight excluding hydrogens is 448 g/mol. The van der Waals surface area contributed by atoms with Crippen LogP contribution in [0.4, 0.5) is 5.82 Å². The van der Waals surface area contributed by atoms with Crippen molar-refractivity contribution in [2.24, 2.45) is 0 Å². The van der Waals surface area contributed by atoms with Gasteiger partial charge in [0.1, 0.15) is 18.2 Å². The van der Waals surface area contributed by atoms with Crippen molar-refractivity contribution < 1.29 is 14.3 Å². The molecule has 4 heterocycles. The van der Waals surface area contributed by atoms with Gasteiger partial charge in [-0.25, -0.2) is 14.3 Å². The van der Waals surface area contributed by atoms with E-state index >= 15 is 0 Å². The molecule has 35 heavy (non-hydrogen) atoms. The Hall–Kier alpha value is -3.57. The molecule has 0 saturated carbocycles. The van der Waals surface area contributed by atoms with Gasteiger partial charge in [-0.05, 0) is 12.0 Å². The number of nitrogens with one attached hydrogen (secondary N) is 1. The van der Waals surface area contributed by atoms with Crippen molar-refractivity contribution in [3.63, 3.8) is 0 Å². The van der Waals surface area contributed by atoms with Crippen molar-refractivity contribution in [2.45, 2.75) is 32.0 Å². The van der Waals surface area contributed by atoms with Crippen LogP contribution in [0, 0.1) is 0 Å². The molecule has 1 saturated heterocycles. The van der Waals surface area contributed by atoms with Gasteiger partial charge in [0.05, 0.1) is 25.5 Å². The highest BCUT2D eigenvalue weighted by Gasteiger charge is 2.31. The summed E-state index contributed by atoms with van der Waals surface area (Å²) < 4.78 is 8.87. The SMILES string of the molecule is CN1C(=O)C(NC(=O)c2ncn(Cc3ccccc3)n2)CCn2nc(CCN3CCOCC3)cc21. The summed E-state index contributed by atoms with van der Waals surface area (Å²) in [7, 11) is 1.72. The van der Waals surface area contributed by atoms with Crippen LogP contribution in [0.15, 0.2) is 42.7 Å². The maximum Gasteiger partial charge on any atom is 0.291 e. The Morgan fingerprint density at radius 1 is 1.14 bits per heavy atom. The first-order valence-corrected chi connectivity index (χ1v) is 12.0. The number of rotatable bonds is 7. The Bertz CT molecular complexity index is 1170. The third kappa shape index (κ3) is 5.41. The van der Waals surface area contributed by atoms with Gasteiger partial charge in [-0.3, -0.25) is 19.4 Å². The number of anilines is 1. The molecule has 11 nitrogen and oxygen atoms in total. The molecule has 1 unspecified atom stereocenters. The molecule has 2 aliphatic rings. The van der Waals surface area contributed by atoms with Crippen molar-refractivity contribution in [3.05, 3.63) is 59.8 Å². The largest absolute Gasteiger partial charge is 0.379 e. The fourth-order valence-electron chi connectivity index (χ4n) is 4.44. The van der Waals surface area contributed by atoms with Crippen LogP contribution in [0.2, 0.25) is 0 Å². The van der Waals surface area contributed by atoms with Crippen LogP contribution in [0.3, 0.4) is 0 Å². The quantitative estimate of drug-likeness (QED) is 0.528. The predicted molar refractivity (Wildman–Crippen MR) is 128 cm³/mol. The molecule has 1 fully saturated rings. The number of carbonyl (C=O) groups excluding carboxylic acids is 2. The van der Waals surface area contributed by atoms with Crippen molar-refractivity contribution in [2.75, 3.05) is 44.8 Å². The number of hydrogen-bond acceptors (Lipinski definition) is 7. The minimum atomic E-state index is -0.674. The number of benzene rings is 1. The average Bonchev–Trinajstić information content (AvgIpc) is 3.50. The number of aryl methyl sites for hydroxylation is 1. The number of amides is 2. The fourth-order valence-corrected chi connectivity index (χ4v) is 4.44. The van der Waals surface area contributed by atoms with Gasteiger partial charge < -0.3 is 10.1 Å². The molecule has 11 heteroatoms. The van der Waals surface area contributed by atoms with E-state index in [0.29, 0.717) is 19.5 Å². The van der Waals surface area contributed by atoms with Gasteiger partial charge in [-0.1, -0.05) is 30.3 Å². The second-order valence-electron chi connectivity index (χ2n) is 8.88. The summed E-state index contributed by atoms with van der Waals surface area (Å²) in [6.07, 6.45) is 2.79. The third-order valence-electron chi connectivity index (χ3n) is 6.43. The molecule has 0 aliphatic carbocycles. The lowest BCUT2D eigenvalue weighted by Crippen LogP contribution is -2.47. The minimum Gasteiger partial charge on any atom is -0.379 e. The highest BCUT2D eigenvalue weighted by Crippen LogP contribution is 2.22. The van der Waals surface area contributed by atoms with E-state index in [1.807, 2.05) is 41.1 Å². The lowest BCUT2D eigenvalue weighted by atomic mass is 10.2. The van der Waals surface area contributed by atoms with Crippen LogP contribution in [-0.2, 0) is 29.0 Å². The first kappa shape index (κ1) is 23.2. The Balaban J connectivity index is 1.19. The summed E-state index contributed by atoms with van der Waals surface area (Å²) in [5, 5.41) is 11.8. The Morgan fingerprint density at radius 2 is 1.94 bits per heavy atom. The van der Waals surface area contributed by atoms with Crippen LogP contribution in [0.25, 0.3) is 0 Å². The van der Waals surface area contributed by atoms with Crippen molar-refractivity contribution in [1.82, 2.24) is 34.8 Å². The van der Waals surface area contributed by atoms with Crippen molar-refractivity contribution in [1.29, 1.82) is 0 Å². The number of likely N-dealkylation sites (N-methyl/N-ethyl adjacent to an activating group) is 1. The summed E-state index contributed by atoms with van der Waals surface area (Å²) in [5.41, 5.74) is 2.02. The number of morpholine rings is 1. The molecule has 0 bridgehead atoms. The predicted octanol–water partition coefficient (Wildman–Crippen LogP) is 0.563. The third-order valence-corrected chi connectivity index (χ3v) is 6.43. The Kier molecular flexibility index (Phi) is 6.87. The van der Waals surface area contributed by atoms with Gasteiger partial charge in [-0.15, -0.1) is 5.10 Å². The molecule has 2 aromatic heterocycles. The summed E-state index contributed by atoms with van der Waals surface area (Å²) >= 11 is 0. The van der Waals surface area contributed by atoms with Gasteiger partial charge in [0.2, 0.25) is 5.82 Å². The molecule has 2 aliphatic heterocycles. The zero-order valence-electron chi connectivity index (χ0n) is 19.8. The number of fused-ring (bicyclic) bond motifs is 1. The van der Waals surface area contributed by atoms with Gasteiger partial charge in [0.15, 0.2) is 0 Å². The molecule has 1 atom stereocenters. The maximum absolute atomic E-state index is 13.1. The molecule has 5 rings (SSSR count). The standard InChI is InChI=1S/C24H30N8O3/c1-29-21-15-19(7-9-30-11-13-35-14-12-30)27-32(21)10-8-20(24(29)34)26-23(33)22-25-17-31(28-22)16-18-5-3-2-4-6-18/h2-6,15,17,20H,7-14,16H2,1H3,(H,26,33). The average molecular weight is 479 g/mol. The van der Waals surface area contributed by atoms with Crippen LogP contribution < -0.4 is 10.2 Å². The van der Waals surface area contributed by atoms with Crippen LogP contribution >= 0.6 is 0 Å². The van der Waals surface area contributed by atoms with E-state index in [0.717, 1.165) is 56.3 Å². The smallest absolute Gasteiger partial charge is 0.291 e. The Morgan fingerprint density at radius 3 is 2.74 bits per heavy atom. The van der Waals surface area contributed by atoms with E-state index in [-0.39, 0.29) is 11.7 Å². The van der Waals surface area contributed by atoms with Gasteiger partial charge in [0.25, 0.3) is 11.8 Å². The van der Waals surface area contributed by atoms with E-state index in [1.54, 1.807) is 16.6 Å². The number of ether oxygens (including phenoxy) is 1. The highest BCUT2D eigenvalue weighted by molar-refractivity contribution is 6.00. The molecule has 1 N–H and O–H groups in total.